The van der Waals surface area contributed by atoms with Gasteiger partial charge in [-0.15, -0.1) is 24.0 Å². The van der Waals surface area contributed by atoms with Crippen LogP contribution in [0.4, 0.5) is 0 Å². The molecule has 2 N–H and O–H groups in total. The normalized spacial score (nSPS) is 10.7. The number of ether oxygens (including phenoxy) is 2. The lowest BCUT2D eigenvalue weighted by Crippen LogP contribution is -2.38. The monoisotopic (exact) mass is 415 g/mol. The van der Waals surface area contributed by atoms with Crippen molar-refractivity contribution in [3.8, 4) is 0 Å². The Morgan fingerprint density at radius 3 is 2.24 bits per heavy atom. The fourth-order valence-corrected chi connectivity index (χ4v) is 1.60. The molecule has 0 aromatic heterocycles. The molecule has 21 heavy (non-hydrogen) atoms. The van der Waals surface area contributed by atoms with Gasteiger partial charge >= 0.3 is 5.97 Å². The van der Waals surface area contributed by atoms with E-state index in [0.29, 0.717) is 6.42 Å². The minimum Gasteiger partial charge on any atom is -0.469 e. The minimum atomic E-state index is -0.151. The highest BCUT2D eigenvalue weighted by atomic mass is 127. The standard InChI is InChI=1S/C14H29N3O3.HI/c1-4-20-12-8-7-11-17-14(15-2)16-10-6-5-9-13(18)19-3;/h4-12H2,1-3H3,(H2,15,16,17);1H. The molecule has 0 rings (SSSR count). The van der Waals surface area contributed by atoms with Crippen LogP contribution in [0.5, 0.6) is 0 Å². The zero-order valence-corrected chi connectivity index (χ0v) is 15.8. The maximum absolute atomic E-state index is 10.9. The number of methoxy groups -OCH3 is 1. The zero-order valence-electron chi connectivity index (χ0n) is 13.4. The summed E-state index contributed by atoms with van der Waals surface area (Å²) in [6, 6.07) is 0. The smallest absolute Gasteiger partial charge is 0.305 e. The van der Waals surface area contributed by atoms with Crippen molar-refractivity contribution in [1.29, 1.82) is 0 Å². The lowest BCUT2D eigenvalue weighted by Gasteiger charge is -2.11. The second-order valence-corrected chi connectivity index (χ2v) is 4.36. The third kappa shape index (κ3) is 15.6. The molecule has 0 radical (unpaired) electrons. The molecular formula is C14H30IN3O3. The fraction of sp³-hybridized carbons (Fsp3) is 0.857. The van der Waals surface area contributed by atoms with Crippen LogP contribution < -0.4 is 10.6 Å². The largest absolute Gasteiger partial charge is 0.469 e. The number of carbonyl (C=O) groups excluding carboxylic acids is 1. The van der Waals surface area contributed by atoms with Gasteiger partial charge in [0.1, 0.15) is 0 Å². The van der Waals surface area contributed by atoms with E-state index in [4.69, 9.17) is 4.74 Å². The summed E-state index contributed by atoms with van der Waals surface area (Å²) >= 11 is 0. The van der Waals surface area contributed by atoms with E-state index in [0.717, 1.165) is 57.9 Å². The highest BCUT2D eigenvalue weighted by Crippen LogP contribution is 1.95. The van der Waals surface area contributed by atoms with Gasteiger partial charge in [-0.25, -0.2) is 0 Å². The molecule has 0 heterocycles. The minimum absolute atomic E-state index is 0. The van der Waals surface area contributed by atoms with Crippen molar-refractivity contribution in [1.82, 2.24) is 10.6 Å². The summed E-state index contributed by atoms with van der Waals surface area (Å²) in [4.78, 5) is 15.1. The molecule has 0 aliphatic carbocycles. The Labute approximate surface area is 145 Å². The van der Waals surface area contributed by atoms with Crippen LogP contribution in [0.1, 0.15) is 39.0 Å². The third-order valence-corrected chi connectivity index (χ3v) is 2.76. The van der Waals surface area contributed by atoms with Gasteiger partial charge in [0.2, 0.25) is 0 Å². The van der Waals surface area contributed by atoms with Gasteiger partial charge in [-0.1, -0.05) is 0 Å². The van der Waals surface area contributed by atoms with Gasteiger partial charge in [0.05, 0.1) is 7.11 Å². The fourth-order valence-electron chi connectivity index (χ4n) is 1.60. The first-order valence-corrected chi connectivity index (χ1v) is 7.33. The Bertz CT molecular complexity index is 276. The van der Waals surface area contributed by atoms with Crippen LogP contribution in [0, 0.1) is 0 Å². The van der Waals surface area contributed by atoms with Crippen molar-refractivity contribution >= 4 is 35.9 Å². The number of halogens is 1. The van der Waals surface area contributed by atoms with Gasteiger partial charge in [0, 0.05) is 39.8 Å². The Morgan fingerprint density at radius 1 is 1.10 bits per heavy atom. The van der Waals surface area contributed by atoms with Crippen LogP contribution in [-0.4, -0.2) is 52.4 Å². The Balaban J connectivity index is 0. The number of unbranched alkanes of at least 4 members (excludes halogenated alkanes) is 2. The number of nitrogens with zero attached hydrogens (tertiary/aromatic N) is 1. The first-order valence-electron chi connectivity index (χ1n) is 7.33. The molecule has 0 bridgehead atoms. The predicted octanol–water partition coefficient (Wildman–Crippen LogP) is 1.93. The van der Waals surface area contributed by atoms with Crippen molar-refractivity contribution in [3.05, 3.63) is 0 Å². The average Bonchev–Trinajstić information content (AvgIpc) is 2.47. The van der Waals surface area contributed by atoms with Gasteiger partial charge in [-0.3, -0.25) is 9.79 Å². The Hall–Kier alpha value is -0.570. The Kier molecular flexibility index (Phi) is 18.9. The molecule has 0 atom stereocenters. The molecule has 0 saturated carbocycles. The van der Waals surface area contributed by atoms with Gasteiger partial charge in [0.25, 0.3) is 0 Å². The molecule has 0 aromatic rings. The number of carbonyl (C=O) groups is 1. The van der Waals surface area contributed by atoms with Gasteiger partial charge < -0.3 is 20.1 Å². The van der Waals surface area contributed by atoms with Crippen LogP contribution in [0.2, 0.25) is 0 Å². The molecule has 7 heteroatoms. The maximum atomic E-state index is 10.9. The second kappa shape index (κ2) is 17.5. The van der Waals surface area contributed by atoms with E-state index in [1.807, 2.05) is 6.92 Å². The number of guanidine groups is 1. The maximum Gasteiger partial charge on any atom is 0.305 e. The van der Waals surface area contributed by atoms with E-state index in [9.17, 15) is 4.79 Å². The van der Waals surface area contributed by atoms with Gasteiger partial charge in [-0.05, 0) is 32.6 Å². The SMILES string of the molecule is CCOCCCCNC(=NC)NCCCCC(=O)OC.I. The van der Waals surface area contributed by atoms with Crippen molar-refractivity contribution in [3.63, 3.8) is 0 Å². The lowest BCUT2D eigenvalue weighted by atomic mass is 10.2. The third-order valence-electron chi connectivity index (χ3n) is 2.76. The molecule has 0 amide bonds. The Morgan fingerprint density at radius 2 is 1.71 bits per heavy atom. The van der Waals surface area contributed by atoms with Crippen molar-refractivity contribution < 1.29 is 14.3 Å². The molecule has 0 unspecified atom stereocenters. The number of esters is 1. The van der Waals surface area contributed by atoms with Gasteiger partial charge in [0.15, 0.2) is 5.96 Å². The summed E-state index contributed by atoms with van der Waals surface area (Å²) in [5.41, 5.74) is 0. The first-order chi connectivity index (χ1) is 9.74. The highest BCUT2D eigenvalue weighted by molar-refractivity contribution is 14.0. The van der Waals surface area contributed by atoms with Gasteiger partial charge in [-0.2, -0.15) is 0 Å². The predicted molar refractivity (Wildman–Crippen MR) is 96.4 cm³/mol. The van der Waals surface area contributed by atoms with E-state index in [2.05, 4.69) is 20.4 Å². The number of hydrogen-bond acceptors (Lipinski definition) is 4. The second-order valence-electron chi connectivity index (χ2n) is 4.36. The summed E-state index contributed by atoms with van der Waals surface area (Å²) in [6.07, 6.45) is 4.33. The van der Waals surface area contributed by atoms with Crippen LogP contribution in [0.3, 0.4) is 0 Å². The molecule has 126 valence electrons. The number of aliphatic imine (C=N–C) groups is 1. The zero-order chi connectivity index (χ0) is 15.1. The molecule has 0 saturated heterocycles. The molecule has 0 spiro atoms. The van der Waals surface area contributed by atoms with E-state index >= 15 is 0 Å². The molecule has 0 fully saturated rings. The van der Waals surface area contributed by atoms with E-state index in [1.54, 1.807) is 7.05 Å². The quantitative estimate of drug-likeness (QED) is 0.177. The molecule has 0 aliphatic rings. The summed E-state index contributed by atoms with van der Waals surface area (Å²) in [5.74, 6) is 0.654. The highest BCUT2D eigenvalue weighted by Gasteiger charge is 2.00. The molecule has 6 nitrogen and oxygen atoms in total. The van der Waals surface area contributed by atoms with Crippen molar-refractivity contribution in [2.75, 3.05) is 40.5 Å². The summed E-state index contributed by atoms with van der Waals surface area (Å²) in [6.45, 7) is 5.29. The molecular weight excluding hydrogens is 385 g/mol. The van der Waals surface area contributed by atoms with Crippen LogP contribution >= 0.6 is 24.0 Å². The topological polar surface area (TPSA) is 72.0 Å². The number of rotatable bonds is 11. The van der Waals surface area contributed by atoms with Crippen LogP contribution in [0.15, 0.2) is 4.99 Å². The van der Waals surface area contributed by atoms with Crippen molar-refractivity contribution in [2.24, 2.45) is 4.99 Å². The number of nitrogens with one attached hydrogen (secondary N) is 2. The van der Waals surface area contributed by atoms with Crippen molar-refractivity contribution in [2.45, 2.75) is 39.0 Å². The molecule has 0 aliphatic heterocycles. The summed E-state index contributed by atoms with van der Waals surface area (Å²) in [5, 5.41) is 6.47. The van der Waals surface area contributed by atoms with E-state index in [-0.39, 0.29) is 29.9 Å². The average molecular weight is 415 g/mol. The summed E-state index contributed by atoms with van der Waals surface area (Å²) < 4.78 is 9.86. The first kappa shape index (κ1) is 22.7. The van der Waals surface area contributed by atoms with Crippen LogP contribution in [0.25, 0.3) is 0 Å². The van der Waals surface area contributed by atoms with E-state index < -0.39 is 0 Å². The van der Waals surface area contributed by atoms with Crippen LogP contribution in [-0.2, 0) is 14.3 Å². The van der Waals surface area contributed by atoms with E-state index in [1.165, 1.54) is 7.11 Å². The lowest BCUT2D eigenvalue weighted by molar-refractivity contribution is -0.140. The molecule has 0 aromatic carbocycles. The number of hydrogen-bond donors (Lipinski definition) is 2. The summed E-state index contributed by atoms with van der Waals surface area (Å²) in [7, 11) is 3.17.